The fourth-order valence-corrected chi connectivity index (χ4v) is 3.71. The first-order valence-corrected chi connectivity index (χ1v) is 8.68. The maximum absolute atomic E-state index is 12.3. The Kier molecular flexibility index (Phi) is 3.82. The summed E-state index contributed by atoms with van der Waals surface area (Å²) >= 11 is 0. The fourth-order valence-electron chi connectivity index (χ4n) is 2.83. The van der Waals surface area contributed by atoms with Crippen molar-refractivity contribution in [3.8, 4) is 11.3 Å². The lowest BCUT2D eigenvalue weighted by Gasteiger charge is -2.08. The largest absolute Gasteiger partial charge is 0.268 e. The smallest absolute Gasteiger partial charge is 0.244 e. The zero-order valence-electron chi connectivity index (χ0n) is 12.0. The Balaban J connectivity index is 2.12. The van der Waals surface area contributed by atoms with Gasteiger partial charge in [-0.15, -0.1) is 0 Å². The number of nitrogens with zero attached hydrogens (tertiary/aromatic N) is 2. The maximum atomic E-state index is 12.3. The van der Waals surface area contributed by atoms with Gasteiger partial charge in [-0.2, -0.15) is 5.10 Å². The first-order valence-electron chi connectivity index (χ1n) is 7.20. The summed E-state index contributed by atoms with van der Waals surface area (Å²) in [5.74, 6) is 0. The molecule has 0 atom stereocenters. The Bertz CT molecular complexity index is 717. The molecule has 1 aromatic heterocycles. The van der Waals surface area contributed by atoms with Gasteiger partial charge in [0.05, 0.1) is 6.04 Å². The predicted octanol–water partition coefficient (Wildman–Crippen LogP) is 2.57. The summed E-state index contributed by atoms with van der Waals surface area (Å²) in [4.78, 5) is 0.253. The molecule has 1 aliphatic carbocycles. The van der Waals surface area contributed by atoms with Crippen LogP contribution in [0.4, 0.5) is 0 Å². The summed E-state index contributed by atoms with van der Waals surface area (Å²) in [5, 5.41) is 4.57. The summed E-state index contributed by atoms with van der Waals surface area (Å²) in [5.41, 5.74) is 1.35. The summed E-state index contributed by atoms with van der Waals surface area (Å²) in [6.07, 6.45) is 6.16. The third kappa shape index (κ3) is 2.73. The number of hydrogen-bond donors (Lipinski definition) is 1. The second-order valence-electron chi connectivity index (χ2n) is 5.33. The van der Waals surface area contributed by atoms with Gasteiger partial charge in [-0.25, -0.2) is 13.1 Å². The Morgan fingerprint density at radius 1 is 1.19 bits per heavy atom. The first-order chi connectivity index (χ1) is 10.1. The van der Waals surface area contributed by atoms with Crippen LogP contribution in [0.25, 0.3) is 11.3 Å². The standard InChI is InChI=1S/C15H19N3O2S/c1-16-21(19,20)14-11-18(13-9-5-6-10-13)17-15(14)12-7-3-2-4-8-12/h2-4,7-8,11,13,16H,5-6,9-10H2,1H3. The monoisotopic (exact) mass is 305 g/mol. The third-order valence-corrected chi connectivity index (χ3v) is 5.42. The van der Waals surface area contributed by atoms with Crippen LogP contribution in [0.3, 0.4) is 0 Å². The first kappa shape index (κ1) is 14.3. The molecule has 0 amide bonds. The highest BCUT2D eigenvalue weighted by Gasteiger charge is 2.26. The van der Waals surface area contributed by atoms with Gasteiger partial charge in [-0.05, 0) is 19.9 Å². The molecule has 5 nitrogen and oxygen atoms in total. The molecule has 21 heavy (non-hydrogen) atoms. The molecule has 0 bridgehead atoms. The molecule has 0 aliphatic heterocycles. The van der Waals surface area contributed by atoms with E-state index in [1.54, 1.807) is 6.20 Å². The molecular formula is C15H19N3O2S. The summed E-state index contributed by atoms with van der Waals surface area (Å²) in [6, 6.07) is 9.77. The van der Waals surface area contributed by atoms with Crippen LogP contribution in [-0.4, -0.2) is 25.2 Å². The normalized spacial score (nSPS) is 16.4. The van der Waals surface area contributed by atoms with E-state index in [0.29, 0.717) is 11.7 Å². The lowest BCUT2D eigenvalue weighted by Crippen LogP contribution is -2.18. The zero-order chi connectivity index (χ0) is 14.9. The Morgan fingerprint density at radius 2 is 1.86 bits per heavy atom. The number of benzene rings is 1. The molecule has 0 radical (unpaired) electrons. The Morgan fingerprint density at radius 3 is 2.48 bits per heavy atom. The molecule has 0 saturated heterocycles. The Hall–Kier alpha value is -1.66. The average Bonchev–Trinajstić information content (AvgIpc) is 3.17. The minimum atomic E-state index is -3.52. The highest BCUT2D eigenvalue weighted by molar-refractivity contribution is 7.89. The van der Waals surface area contributed by atoms with E-state index in [1.165, 1.54) is 19.9 Å². The van der Waals surface area contributed by atoms with Crippen LogP contribution in [0.15, 0.2) is 41.4 Å². The fraction of sp³-hybridized carbons (Fsp3) is 0.400. The van der Waals surface area contributed by atoms with Crippen LogP contribution in [0.5, 0.6) is 0 Å². The van der Waals surface area contributed by atoms with Crippen molar-refractivity contribution < 1.29 is 8.42 Å². The van der Waals surface area contributed by atoms with Crippen molar-refractivity contribution in [2.24, 2.45) is 0 Å². The van der Waals surface area contributed by atoms with E-state index in [0.717, 1.165) is 18.4 Å². The minimum absolute atomic E-state index is 0.253. The van der Waals surface area contributed by atoms with E-state index < -0.39 is 10.0 Å². The maximum Gasteiger partial charge on any atom is 0.244 e. The van der Waals surface area contributed by atoms with E-state index in [2.05, 4.69) is 9.82 Å². The van der Waals surface area contributed by atoms with E-state index in [9.17, 15) is 8.42 Å². The van der Waals surface area contributed by atoms with Crippen molar-refractivity contribution in [3.63, 3.8) is 0 Å². The SMILES string of the molecule is CNS(=O)(=O)c1cn(C2CCCC2)nc1-c1ccccc1. The van der Waals surface area contributed by atoms with Gasteiger partial charge >= 0.3 is 0 Å². The quantitative estimate of drug-likeness (QED) is 0.944. The summed E-state index contributed by atoms with van der Waals surface area (Å²) in [6.45, 7) is 0. The van der Waals surface area contributed by atoms with Gasteiger partial charge in [0.25, 0.3) is 0 Å². The molecule has 1 aliphatic rings. The number of rotatable bonds is 4. The molecular weight excluding hydrogens is 286 g/mol. The zero-order valence-corrected chi connectivity index (χ0v) is 12.8. The van der Waals surface area contributed by atoms with E-state index in [4.69, 9.17) is 0 Å². The summed E-state index contributed by atoms with van der Waals surface area (Å²) < 4.78 is 28.7. The van der Waals surface area contributed by atoms with Crippen molar-refractivity contribution in [2.45, 2.75) is 36.6 Å². The van der Waals surface area contributed by atoms with Crippen LogP contribution in [0.2, 0.25) is 0 Å². The molecule has 1 fully saturated rings. The van der Waals surface area contributed by atoms with Crippen molar-refractivity contribution in [1.29, 1.82) is 0 Å². The van der Waals surface area contributed by atoms with Gasteiger partial charge in [0.15, 0.2) is 0 Å². The van der Waals surface area contributed by atoms with Crippen LogP contribution in [0, 0.1) is 0 Å². The number of nitrogens with one attached hydrogen (secondary N) is 1. The molecule has 1 aromatic carbocycles. The minimum Gasteiger partial charge on any atom is -0.268 e. The number of aromatic nitrogens is 2. The molecule has 0 unspecified atom stereocenters. The average molecular weight is 305 g/mol. The second-order valence-corrected chi connectivity index (χ2v) is 7.19. The number of hydrogen-bond acceptors (Lipinski definition) is 3. The van der Waals surface area contributed by atoms with Gasteiger partial charge in [-0.1, -0.05) is 43.2 Å². The van der Waals surface area contributed by atoms with Crippen molar-refractivity contribution >= 4 is 10.0 Å². The highest BCUT2D eigenvalue weighted by atomic mass is 32.2. The molecule has 3 rings (SSSR count). The van der Waals surface area contributed by atoms with E-state index in [1.807, 2.05) is 35.0 Å². The van der Waals surface area contributed by atoms with Crippen LogP contribution in [-0.2, 0) is 10.0 Å². The van der Waals surface area contributed by atoms with Crippen LogP contribution >= 0.6 is 0 Å². The molecule has 1 N–H and O–H groups in total. The topological polar surface area (TPSA) is 64.0 Å². The Labute approximate surface area is 125 Å². The van der Waals surface area contributed by atoms with Gasteiger partial charge in [0.1, 0.15) is 10.6 Å². The molecule has 2 aromatic rings. The number of sulfonamides is 1. The van der Waals surface area contributed by atoms with Crippen molar-refractivity contribution in [1.82, 2.24) is 14.5 Å². The van der Waals surface area contributed by atoms with Crippen LogP contribution in [0.1, 0.15) is 31.7 Å². The van der Waals surface area contributed by atoms with E-state index >= 15 is 0 Å². The van der Waals surface area contributed by atoms with Gasteiger partial charge in [0.2, 0.25) is 10.0 Å². The van der Waals surface area contributed by atoms with Gasteiger partial charge < -0.3 is 0 Å². The van der Waals surface area contributed by atoms with E-state index in [-0.39, 0.29) is 4.90 Å². The van der Waals surface area contributed by atoms with Crippen molar-refractivity contribution in [2.75, 3.05) is 7.05 Å². The van der Waals surface area contributed by atoms with Crippen LogP contribution < -0.4 is 4.72 Å². The highest BCUT2D eigenvalue weighted by Crippen LogP contribution is 2.33. The molecule has 6 heteroatoms. The lowest BCUT2D eigenvalue weighted by molar-refractivity contribution is 0.467. The predicted molar refractivity (Wildman–Crippen MR) is 81.4 cm³/mol. The van der Waals surface area contributed by atoms with Gasteiger partial charge in [-0.3, -0.25) is 4.68 Å². The second kappa shape index (κ2) is 5.61. The summed E-state index contributed by atoms with van der Waals surface area (Å²) in [7, 11) is -2.09. The van der Waals surface area contributed by atoms with Crippen molar-refractivity contribution in [3.05, 3.63) is 36.5 Å². The lowest BCUT2D eigenvalue weighted by atomic mass is 10.2. The van der Waals surface area contributed by atoms with Gasteiger partial charge in [0, 0.05) is 11.8 Å². The molecule has 1 heterocycles. The molecule has 1 saturated carbocycles. The third-order valence-electron chi connectivity index (χ3n) is 4.00. The molecule has 0 spiro atoms. The molecule has 112 valence electrons.